The third kappa shape index (κ3) is 2.51. The third-order valence-corrected chi connectivity index (χ3v) is 4.57. The van der Waals surface area contributed by atoms with Gasteiger partial charge in [0.1, 0.15) is 0 Å². The molecule has 19 heavy (non-hydrogen) atoms. The summed E-state index contributed by atoms with van der Waals surface area (Å²) in [6, 6.07) is 4.65. The van der Waals surface area contributed by atoms with Crippen molar-refractivity contribution in [2.75, 3.05) is 19.6 Å². The van der Waals surface area contributed by atoms with E-state index in [2.05, 4.69) is 10.2 Å². The number of fused-ring (bicyclic) bond motifs is 3. The van der Waals surface area contributed by atoms with Crippen molar-refractivity contribution >= 4 is 0 Å². The summed E-state index contributed by atoms with van der Waals surface area (Å²) in [7, 11) is 0. The van der Waals surface area contributed by atoms with Crippen LogP contribution in [0.25, 0.3) is 0 Å². The van der Waals surface area contributed by atoms with E-state index in [1.54, 1.807) is 12.1 Å². The van der Waals surface area contributed by atoms with Gasteiger partial charge >= 0.3 is 0 Å². The molecule has 1 aromatic rings. The lowest BCUT2D eigenvalue weighted by atomic mass is 9.83. The fourth-order valence-corrected chi connectivity index (χ4v) is 3.42. The lowest BCUT2D eigenvalue weighted by Gasteiger charge is -2.46. The van der Waals surface area contributed by atoms with E-state index in [4.69, 9.17) is 0 Å². The van der Waals surface area contributed by atoms with Gasteiger partial charge in [0, 0.05) is 24.2 Å². The Balaban J connectivity index is 1.71. The summed E-state index contributed by atoms with van der Waals surface area (Å²) in [6.07, 6.45) is 2.44. The molecule has 0 spiro atoms. The number of hydrogen-bond donors (Lipinski definition) is 1. The van der Waals surface area contributed by atoms with Crippen molar-refractivity contribution < 1.29 is 8.78 Å². The van der Waals surface area contributed by atoms with Crippen LogP contribution in [0.1, 0.15) is 31.4 Å². The standard InChI is InChI=1S/C15H20F2N2/c1-10(12-3-2-4-13(16)15(12)17)18-14-9-19-7-5-11(14)6-8-19/h2-4,10-11,14,18H,5-9H2,1H3. The number of nitrogens with zero attached hydrogens (tertiary/aromatic N) is 1. The molecule has 0 aliphatic carbocycles. The Labute approximate surface area is 112 Å². The van der Waals surface area contributed by atoms with Crippen LogP contribution in [0.3, 0.4) is 0 Å². The van der Waals surface area contributed by atoms with Crippen molar-refractivity contribution in [3.05, 3.63) is 35.4 Å². The van der Waals surface area contributed by atoms with E-state index in [-0.39, 0.29) is 6.04 Å². The minimum absolute atomic E-state index is 0.152. The van der Waals surface area contributed by atoms with Crippen LogP contribution in [-0.4, -0.2) is 30.6 Å². The lowest BCUT2D eigenvalue weighted by molar-refractivity contribution is 0.0677. The summed E-state index contributed by atoms with van der Waals surface area (Å²) < 4.78 is 27.0. The first-order valence-electron chi connectivity index (χ1n) is 7.07. The van der Waals surface area contributed by atoms with E-state index in [0.717, 1.165) is 6.54 Å². The highest BCUT2D eigenvalue weighted by Crippen LogP contribution is 2.29. The second-order valence-corrected chi connectivity index (χ2v) is 5.78. The summed E-state index contributed by atoms with van der Waals surface area (Å²) >= 11 is 0. The predicted octanol–water partition coefficient (Wildman–Crippen LogP) is 2.71. The van der Waals surface area contributed by atoms with E-state index in [9.17, 15) is 8.78 Å². The minimum atomic E-state index is -0.764. The van der Waals surface area contributed by atoms with Gasteiger partial charge in [-0.1, -0.05) is 12.1 Å². The van der Waals surface area contributed by atoms with Gasteiger partial charge in [0.15, 0.2) is 11.6 Å². The first-order valence-corrected chi connectivity index (χ1v) is 7.07. The smallest absolute Gasteiger partial charge is 0.163 e. The first kappa shape index (κ1) is 13.0. The SMILES string of the molecule is CC(NC1CN2CCC1CC2)c1cccc(F)c1F. The van der Waals surface area contributed by atoms with Gasteiger partial charge in [-0.05, 0) is 44.8 Å². The molecule has 104 valence electrons. The van der Waals surface area contributed by atoms with Gasteiger partial charge in [-0.3, -0.25) is 0 Å². The van der Waals surface area contributed by atoms with Crippen LogP contribution < -0.4 is 5.32 Å². The number of hydrogen-bond acceptors (Lipinski definition) is 2. The number of benzene rings is 1. The highest BCUT2D eigenvalue weighted by molar-refractivity contribution is 5.22. The molecule has 3 aliphatic rings. The Kier molecular flexibility index (Phi) is 3.54. The van der Waals surface area contributed by atoms with Crippen LogP contribution in [0, 0.1) is 17.6 Å². The first-order chi connectivity index (χ1) is 9.15. The quantitative estimate of drug-likeness (QED) is 0.905. The number of rotatable bonds is 3. The van der Waals surface area contributed by atoms with E-state index in [1.165, 1.54) is 32.0 Å². The van der Waals surface area contributed by atoms with Gasteiger partial charge < -0.3 is 10.2 Å². The van der Waals surface area contributed by atoms with E-state index in [1.807, 2.05) is 6.92 Å². The zero-order valence-electron chi connectivity index (χ0n) is 11.2. The number of nitrogens with one attached hydrogen (secondary N) is 1. The van der Waals surface area contributed by atoms with Crippen molar-refractivity contribution in [2.24, 2.45) is 5.92 Å². The molecular formula is C15H20F2N2. The maximum Gasteiger partial charge on any atom is 0.163 e. The summed E-state index contributed by atoms with van der Waals surface area (Å²) in [4.78, 5) is 2.45. The van der Waals surface area contributed by atoms with E-state index in [0.29, 0.717) is 17.5 Å². The molecule has 0 aromatic heterocycles. The molecule has 0 saturated carbocycles. The lowest BCUT2D eigenvalue weighted by Crippen LogP contribution is -2.56. The van der Waals surface area contributed by atoms with Crippen molar-refractivity contribution in [3.63, 3.8) is 0 Å². The van der Waals surface area contributed by atoms with Gasteiger partial charge in [-0.2, -0.15) is 0 Å². The Morgan fingerprint density at radius 3 is 2.63 bits per heavy atom. The molecule has 2 bridgehead atoms. The van der Waals surface area contributed by atoms with E-state index < -0.39 is 11.6 Å². The van der Waals surface area contributed by atoms with Crippen LogP contribution in [-0.2, 0) is 0 Å². The molecule has 3 heterocycles. The summed E-state index contributed by atoms with van der Waals surface area (Å²) in [5.74, 6) is -0.798. The van der Waals surface area contributed by atoms with Crippen LogP contribution in [0.5, 0.6) is 0 Å². The summed E-state index contributed by atoms with van der Waals surface area (Å²) in [6.45, 7) is 5.32. The van der Waals surface area contributed by atoms with Crippen molar-refractivity contribution in [1.82, 2.24) is 10.2 Å². The molecule has 4 rings (SSSR count). The third-order valence-electron chi connectivity index (χ3n) is 4.57. The fourth-order valence-electron chi connectivity index (χ4n) is 3.42. The van der Waals surface area contributed by atoms with Gasteiger partial charge in [-0.25, -0.2) is 8.78 Å². The molecule has 0 amide bonds. The Morgan fingerprint density at radius 2 is 2.00 bits per heavy atom. The monoisotopic (exact) mass is 266 g/mol. The van der Waals surface area contributed by atoms with Gasteiger partial charge in [-0.15, -0.1) is 0 Å². The Morgan fingerprint density at radius 1 is 1.26 bits per heavy atom. The average molecular weight is 266 g/mol. The Hall–Kier alpha value is -1.00. The second-order valence-electron chi connectivity index (χ2n) is 5.78. The largest absolute Gasteiger partial charge is 0.306 e. The fraction of sp³-hybridized carbons (Fsp3) is 0.600. The highest BCUT2D eigenvalue weighted by Gasteiger charge is 2.34. The van der Waals surface area contributed by atoms with Crippen molar-refractivity contribution in [3.8, 4) is 0 Å². The van der Waals surface area contributed by atoms with Crippen LogP contribution in [0.15, 0.2) is 18.2 Å². The number of halogens is 2. The predicted molar refractivity (Wildman–Crippen MR) is 70.9 cm³/mol. The zero-order valence-corrected chi connectivity index (χ0v) is 11.2. The maximum absolute atomic E-state index is 13.8. The molecule has 3 aliphatic heterocycles. The molecular weight excluding hydrogens is 246 g/mol. The molecule has 2 atom stereocenters. The highest BCUT2D eigenvalue weighted by atomic mass is 19.2. The molecule has 0 radical (unpaired) electrons. The summed E-state index contributed by atoms with van der Waals surface area (Å²) in [5.41, 5.74) is 0.427. The van der Waals surface area contributed by atoms with Crippen molar-refractivity contribution in [1.29, 1.82) is 0 Å². The minimum Gasteiger partial charge on any atom is -0.306 e. The van der Waals surface area contributed by atoms with Crippen LogP contribution >= 0.6 is 0 Å². The number of piperidine rings is 3. The molecule has 3 saturated heterocycles. The summed E-state index contributed by atoms with van der Waals surface area (Å²) in [5, 5.41) is 3.49. The van der Waals surface area contributed by atoms with Gasteiger partial charge in [0.05, 0.1) is 0 Å². The topological polar surface area (TPSA) is 15.3 Å². The maximum atomic E-state index is 13.8. The molecule has 1 aromatic carbocycles. The molecule has 2 unspecified atom stereocenters. The normalized spacial score (nSPS) is 31.4. The molecule has 1 N–H and O–H groups in total. The average Bonchev–Trinajstić information content (AvgIpc) is 2.43. The Bertz CT molecular complexity index is 455. The second kappa shape index (κ2) is 5.17. The molecule has 4 heteroatoms. The molecule has 3 fully saturated rings. The van der Waals surface area contributed by atoms with Crippen molar-refractivity contribution in [2.45, 2.75) is 31.8 Å². The molecule has 2 nitrogen and oxygen atoms in total. The zero-order chi connectivity index (χ0) is 13.4. The van der Waals surface area contributed by atoms with Gasteiger partial charge in [0.25, 0.3) is 0 Å². The van der Waals surface area contributed by atoms with Crippen LogP contribution in [0.2, 0.25) is 0 Å². The van der Waals surface area contributed by atoms with E-state index >= 15 is 0 Å². The van der Waals surface area contributed by atoms with Crippen LogP contribution in [0.4, 0.5) is 8.78 Å². The van der Waals surface area contributed by atoms with Gasteiger partial charge in [0.2, 0.25) is 0 Å².